The van der Waals surface area contributed by atoms with Crippen LogP contribution in [0.3, 0.4) is 0 Å². The van der Waals surface area contributed by atoms with E-state index in [1.54, 1.807) is 0 Å². The Hall–Kier alpha value is -3.07. The van der Waals surface area contributed by atoms with Gasteiger partial charge < -0.3 is 10.6 Å². The molecular weight excluding hydrogens is 420 g/mol. The van der Waals surface area contributed by atoms with E-state index in [1.807, 2.05) is 37.3 Å². The van der Waals surface area contributed by atoms with E-state index >= 15 is 0 Å². The lowest BCUT2D eigenvalue weighted by Gasteiger charge is -2.36. The number of nitrogens with two attached hydrogens (primary N) is 1. The third-order valence-corrected chi connectivity index (χ3v) is 6.86. The zero-order valence-corrected chi connectivity index (χ0v) is 19.4. The van der Waals surface area contributed by atoms with Crippen LogP contribution >= 0.6 is 11.8 Å². The number of nitrogens with zero attached hydrogens (tertiary/aromatic N) is 5. The van der Waals surface area contributed by atoms with E-state index in [4.69, 9.17) is 17.3 Å². The summed E-state index contributed by atoms with van der Waals surface area (Å²) in [7, 11) is 0. The highest BCUT2D eigenvalue weighted by molar-refractivity contribution is 8.00. The summed E-state index contributed by atoms with van der Waals surface area (Å²) in [5.74, 6) is 0.111. The third kappa shape index (κ3) is 5.04. The Morgan fingerprint density at radius 3 is 2.50 bits per heavy atom. The van der Waals surface area contributed by atoms with E-state index in [0.717, 1.165) is 44.7 Å². The first-order valence-electron chi connectivity index (χ1n) is 10.9. The first-order chi connectivity index (χ1) is 15.5. The van der Waals surface area contributed by atoms with E-state index in [2.05, 4.69) is 27.6 Å². The Morgan fingerprint density at radius 1 is 1.28 bits per heavy atom. The number of piperazine rings is 1. The standard InChI is InChI=1S/C24H28N6OS/c1-4-11-29-12-14-30(15-13-29)23-20(27-3)18(5-2)19(16-25)24(28-23)32-21(22(26)31)17-9-7-6-8-10-17/h6-10,21H,4-5,11-15H2,1-2H3,(H2,26,31). The lowest BCUT2D eigenvalue weighted by molar-refractivity contribution is -0.117. The van der Waals surface area contributed by atoms with Gasteiger partial charge in [0.25, 0.3) is 0 Å². The van der Waals surface area contributed by atoms with Gasteiger partial charge in [0.2, 0.25) is 11.6 Å². The molecule has 0 bridgehead atoms. The molecule has 7 nitrogen and oxygen atoms in total. The second-order valence-corrected chi connectivity index (χ2v) is 8.75. The van der Waals surface area contributed by atoms with Gasteiger partial charge in [-0.15, -0.1) is 0 Å². The predicted octanol–water partition coefficient (Wildman–Crippen LogP) is 3.92. The van der Waals surface area contributed by atoms with Crippen molar-refractivity contribution in [2.45, 2.75) is 37.0 Å². The summed E-state index contributed by atoms with van der Waals surface area (Å²) in [6.07, 6.45) is 1.64. The van der Waals surface area contributed by atoms with Gasteiger partial charge in [-0.05, 0) is 30.5 Å². The van der Waals surface area contributed by atoms with Gasteiger partial charge in [-0.2, -0.15) is 5.26 Å². The highest BCUT2D eigenvalue weighted by Crippen LogP contribution is 2.42. The molecule has 1 saturated heterocycles. The minimum absolute atomic E-state index is 0.360. The zero-order valence-electron chi connectivity index (χ0n) is 18.5. The summed E-state index contributed by atoms with van der Waals surface area (Å²) in [5, 5.41) is 9.71. The predicted molar refractivity (Wildman–Crippen MR) is 128 cm³/mol. The van der Waals surface area contributed by atoms with E-state index in [-0.39, 0.29) is 0 Å². The number of aromatic nitrogens is 1. The normalized spacial score (nSPS) is 15.1. The fourth-order valence-corrected chi connectivity index (χ4v) is 5.06. The number of amides is 1. The van der Waals surface area contributed by atoms with Crippen molar-refractivity contribution in [2.75, 3.05) is 37.6 Å². The average Bonchev–Trinajstić information content (AvgIpc) is 2.82. The molecule has 1 aliphatic heterocycles. The topological polar surface area (TPSA) is 90.6 Å². The van der Waals surface area contributed by atoms with E-state index in [0.29, 0.717) is 34.1 Å². The number of hydrogen-bond acceptors (Lipinski definition) is 6. The minimum atomic E-state index is -0.673. The fourth-order valence-electron chi connectivity index (χ4n) is 4.00. The molecule has 2 heterocycles. The van der Waals surface area contributed by atoms with Crippen molar-refractivity contribution in [3.05, 3.63) is 58.4 Å². The van der Waals surface area contributed by atoms with Gasteiger partial charge in [-0.25, -0.2) is 9.83 Å². The van der Waals surface area contributed by atoms with Crippen molar-refractivity contribution in [3.63, 3.8) is 0 Å². The summed E-state index contributed by atoms with van der Waals surface area (Å²) in [4.78, 5) is 25.4. The Balaban J connectivity index is 2.04. The van der Waals surface area contributed by atoms with Gasteiger partial charge in [0.15, 0.2) is 0 Å². The molecule has 3 rings (SSSR count). The molecule has 1 aromatic carbocycles. The molecular formula is C24H28N6OS. The number of carbonyl (C=O) groups is 1. The first-order valence-corrected chi connectivity index (χ1v) is 11.7. The molecule has 1 atom stereocenters. The number of nitriles is 1. The van der Waals surface area contributed by atoms with Crippen LogP contribution in [-0.2, 0) is 11.2 Å². The highest BCUT2D eigenvalue weighted by atomic mass is 32.2. The summed E-state index contributed by atoms with van der Waals surface area (Å²) >= 11 is 1.19. The van der Waals surface area contributed by atoms with Crippen molar-refractivity contribution in [1.82, 2.24) is 9.88 Å². The van der Waals surface area contributed by atoms with Crippen LogP contribution in [0.25, 0.3) is 4.85 Å². The van der Waals surface area contributed by atoms with Crippen LogP contribution in [-0.4, -0.2) is 48.5 Å². The number of thioether (sulfide) groups is 1. The number of anilines is 1. The number of benzene rings is 1. The molecule has 0 saturated carbocycles. The summed E-state index contributed by atoms with van der Waals surface area (Å²) in [5.41, 5.74) is 7.97. The number of primary amides is 1. The lowest BCUT2D eigenvalue weighted by atomic mass is 10.1. The Kier molecular flexibility index (Phi) is 8.10. The van der Waals surface area contributed by atoms with Crippen molar-refractivity contribution in [3.8, 4) is 6.07 Å². The molecule has 1 unspecified atom stereocenters. The van der Waals surface area contributed by atoms with Crippen LogP contribution in [0.2, 0.25) is 0 Å². The second kappa shape index (κ2) is 11.0. The smallest absolute Gasteiger partial charge is 0.235 e. The number of rotatable bonds is 8. The van der Waals surface area contributed by atoms with Crippen molar-refractivity contribution in [2.24, 2.45) is 5.73 Å². The monoisotopic (exact) mass is 448 g/mol. The summed E-state index contributed by atoms with van der Waals surface area (Å²) < 4.78 is 0. The molecule has 1 amide bonds. The molecule has 1 aliphatic rings. The zero-order chi connectivity index (χ0) is 23.1. The second-order valence-electron chi connectivity index (χ2n) is 7.66. The molecule has 8 heteroatoms. The molecule has 1 fully saturated rings. The molecule has 1 aromatic heterocycles. The lowest BCUT2D eigenvalue weighted by Crippen LogP contribution is -2.47. The Morgan fingerprint density at radius 2 is 1.97 bits per heavy atom. The SMILES string of the molecule is [C-]#[N+]c1c(N2CCN(CCC)CC2)nc(SC(C(N)=O)c2ccccc2)c(C#N)c1CC. The minimum Gasteiger partial charge on any atom is -0.368 e. The molecule has 2 N–H and O–H groups in total. The van der Waals surface area contributed by atoms with Gasteiger partial charge in [-0.1, -0.05) is 55.9 Å². The van der Waals surface area contributed by atoms with Gasteiger partial charge in [0.05, 0.1) is 12.1 Å². The van der Waals surface area contributed by atoms with Gasteiger partial charge in [0, 0.05) is 26.2 Å². The van der Waals surface area contributed by atoms with Crippen molar-refractivity contribution >= 4 is 29.2 Å². The Bertz CT molecular complexity index is 1040. The molecule has 0 aliphatic carbocycles. The van der Waals surface area contributed by atoms with Crippen molar-refractivity contribution in [1.29, 1.82) is 5.26 Å². The third-order valence-electron chi connectivity index (χ3n) is 5.60. The fraction of sp³-hybridized carbons (Fsp3) is 0.417. The maximum absolute atomic E-state index is 12.3. The average molecular weight is 449 g/mol. The largest absolute Gasteiger partial charge is 0.368 e. The molecule has 0 spiro atoms. The van der Waals surface area contributed by atoms with Gasteiger partial charge >= 0.3 is 0 Å². The van der Waals surface area contributed by atoms with Crippen LogP contribution in [0.1, 0.15) is 42.2 Å². The van der Waals surface area contributed by atoms with E-state index in [1.165, 1.54) is 11.8 Å². The molecule has 2 aromatic rings. The van der Waals surface area contributed by atoms with Crippen LogP contribution in [0, 0.1) is 17.9 Å². The van der Waals surface area contributed by atoms with Crippen molar-refractivity contribution < 1.29 is 4.79 Å². The summed E-state index contributed by atoms with van der Waals surface area (Å²) in [6.45, 7) is 16.3. The van der Waals surface area contributed by atoms with Crippen LogP contribution < -0.4 is 10.6 Å². The van der Waals surface area contributed by atoms with Gasteiger partial charge in [-0.3, -0.25) is 9.69 Å². The quantitative estimate of drug-likeness (QED) is 0.486. The molecule has 166 valence electrons. The number of pyridine rings is 1. The van der Waals surface area contributed by atoms with E-state index < -0.39 is 11.2 Å². The number of hydrogen-bond donors (Lipinski definition) is 1. The summed E-state index contributed by atoms with van der Waals surface area (Å²) in [6, 6.07) is 11.5. The van der Waals surface area contributed by atoms with Crippen LogP contribution in [0.5, 0.6) is 0 Å². The number of carbonyl (C=O) groups excluding carboxylic acids is 1. The van der Waals surface area contributed by atoms with Gasteiger partial charge in [0.1, 0.15) is 22.2 Å². The van der Waals surface area contributed by atoms with Crippen LogP contribution in [0.15, 0.2) is 35.4 Å². The van der Waals surface area contributed by atoms with Crippen LogP contribution in [0.4, 0.5) is 11.5 Å². The molecule has 0 radical (unpaired) electrons. The highest BCUT2D eigenvalue weighted by Gasteiger charge is 2.28. The maximum Gasteiger partial charge on any atom is 0.235 e. The Labute approximate surface area is 194 Å². The first kappa shape index (κ1) is 23.6. The molecule has 32 heavy (non-hydrogen) atoms. The van der Waals surface area contributed by atoms with E-state index in [9.17, 15) is 10.1 Å². The maximum atomic E-state index is 12.3.